The fourth-order valence-corrected chi connectivity index (χ4v) is 3.01. The van der Waals surface area contributed by atoms with Crippen LogP contribution in [0.2, 0.25) is 10.0 Å². The predicted octanol–water partition coefficient (Wildman–Crippen LogP) is 4.70. The van der Waals surface area contributed by atoms with E-state index in [1.54, 1.807) is 24.3 Å². The smallest absolute Gasteiger partial charge is 0.227 e. The Kier molecular flexibility index (Phi) is 4.80. The van der Waals surface area contributed by atoms with Gasteiger partial charge in [0.1, 0.15) is 6.04 Å². The van der Waals surface area contributed by atoms with E-state index in [4.69, 9.17) is 23.2 Å². The summed E-state index contributed by atoms with van der Waals surface area (Å²) in [5.74, 6) is -0.0704. The van der Waals surface area contributed by atoms with Gasteiger partial charge in [0.15, 0.2) is 0 Å². The first kappa shape index (κ1) is 16.8. The van der Waals surface area contributed by atoms with Gasteiger partial charge in [0.05, 0.1) is 11.5 Å². The molecular formula is C19H16Cl2N2O. The molecule has 1 saturated carbocycles. The number of hydrogen-bond donors (Lipinski definition) is 1. The van der Waals surface area contributed by atoms with Crippen molar-refractivity contribution < 1.29 is 4.79 Å². The summed E-state index contributed by atoms with van der Waals surface area (Å²) in [5, 5.41) is 13.5. The van der Waals surface area contributed by atoms with Crippen molar-refractivity contribution >= 4 is 29.1 Å². The molecule has 1 fully saturated rings. The standard InChI is InChI=1S/C19H16Cl2N2O/c20-15-5-1-13(2-6-15)11-19(9-10-19)18(24)23-17(12-22)14-3-7-16(21)8-4-14/h1-8,17H,9-11H2,(H,23,24). The average molecular weight is 359 g/mol. The zero-order valence-corrected chi connectivity index (χ0v) is 14.4. The molecule has 122 valence electrons. The molecular weight excluding hydrogens is 343 g/mol. The Hall–Kier alpha value is -2.02. The van der Waals surface area contributed by atoms with E-state index in [-0.39, 0.29) is 5.91 Å². The molecule has 1 unspecified atom stereocenters. The van der Waals surface area contributed by atoms with E-state index in [2.05, 4.69) is 11.4 Å². The molecule has 0 spiro atoms. The molecule has 1 aliphatic carbocycles. The molecule has 1 N–H and O–H groups in total. The largest absolute Gasteiger partial charge is 0.336 e. The zero-order chi connectivity index (χ0) is 17.2. The summed E-state index contributed by atoms with van der Waals surface area (Å²) in [6.45, 7) is 0. The van der Waals surface area contributed by atoms with Gasteiger partial charge in [-0.05, 0) is 54.7 Å². The van der Waals surface area contributed by atoms with Gasteiger partial charge in [0.25, 0.3) is 0 Å². The van der Waals surface area contributed by atoms with Crippen molar-refractivity contribution in [2.75, 3.05) is 0 Å². The van der Waals surface area contributed by atoms with E-state index in [9.17, 15) is 10.1 Å². The van der Waals surface area contributed by atoms with Crippen LogP contribution in [0.1, 0.15) is 30.0 Å². The minimum Gasteiger partial charge on any atom is -0.336 e. The van der Waals surface area contributed by atoms with Gasteiger partial charge in [0.2, 0.25) is 5.91 Å². The highest BCUT2D eigenvalue weighted by Gasteiger charge is 2.50. The molecule has 2 aromatic carbocycles. The normalized spacial score (nSPS) is 16.0. The summed E-state index contributed by atoms with van der Waals surface area (Å²) in [4.78, 5) is 12.7. The lowest BCUT2D eigenvalue weighted by Gasteiger charge is -2.19. The number of nitrogens with zero attached hydrogens (tertiary/aromatic N) is 1. The molecule has 0 heterocycles. The van der Waals surface area contributed by atoms with Gasteiger partial charge < -0.3 is 5.32 Å². The molecule has 0 radical (unpaired) electrons. The predicted molar refractivity (Wildman–Crippen MR) is 94.8 cm³/mol. The number of amides is 1. The van der Waals surface area contributed by atoms with Crippen LogP contribution in [0.3, 0.4) is 0 Å². The molecule has 24 heavy (non-hydrogen) atoms. The lowest BCUT2D eigenvalue weighted by molar-refractivity contribution is -0.126. The maximum absolute atomic E-state index is 12.7. The maximum Gasteiger partial charge on any atom is 0.227 e. The van der Waals surface area contributed by atoms with Crippen LogP contribution in [-0.4, -0.2) is 5.91 Å². The highest BCUT2D eigenvalue weighted by molar-refractivity contribution is 6.30. The molecule has 0 aliphatic heterocycles. The van der Waals surface area contributed by atoms with Gasteiger partial charge in [-0.2, -0.15) is 5.26 Å². The van der Waals surface area contributed by atoms with Crippen LogP contribution in [0, 0.1) is 16.7 Å². The highest BCUT2D eigenvalue weighted by Crippen LogP contribution is 2.49. The molecule has 0 bridgehead atoms. The topological polar surface area (TPSA) is 52.9 Å². The number of carbonyl (C=O) groups excluding carboxylic acids is 1. The zero-order valence-electron chi connectivity index (χ0n) is 12.9. The van der Waals surface area contributed by atoms with E-state index < -0.39 is 11.5 Å². The Morgan fingerprint density at radius 3 is 2.12 bits per heavy atom. The van der Waals surface area contributed by atoms with Crippen LogP contribution in [0.25, 0.3) is 0 Å². The van der Waals surface area contributed by atoms with E-state index in [1.807, 2.05) is 24.3 Å². The lowest BCUT2D eigenvalue weighted by atomic mass is 9.95. The van der Waals surface area contributed by atoms with Crippen molar-refractivity contribution in [1.82, 2.24) is 5.32 Å². The summed E-state index contributed by atoms with van der Waals surface area (Å²) in [7, 11) is 0. The van der Waals surface area contributed by atoms with Crippen LogP contribution in [0.5, 0.6) is 0 Å². The van der Waals surface area contributed by atoms with Gasteiger partial charge in [-0.15, -0.1) is 0 Å². The summed E-state index contributed by atoms with van der Waals surface area (Å²) in [6.07, 6.45) is 2.33. The second-order valence-corrected chi connectivity index (χ2v) is 7.04. The molecule has 1 aliphatic rings. The van der Waals surface area contributed by atoms with Crippen LogP contribution >= 0.6 is 23.2 Å². The number of hydrogen-bond acceptors (Lipinski definition) is 2. The van der Waals surface area contributed by atoms with E-state index in [1.165, 1.54) is 0 Å². The van der Waals surface area contributed by atoms with Gasteiger partial charge in [-0.3, -0.25) is 4.79 Å². The lowest BCUT2D eigenvalue weighted by Crippen LogP contribution is -2.35. The second kappa shape index (κ2) is 6.84. The third kappa shape index (κ3) is 3.72. The van der Waals surface area contributed by atoms with Crippen LogP contribution in [-0.2, 0) is 11.2 Å². The molecule has 2 aromatic rings. The Bertz CT molecular complexity index is 775. The Balaban J connectivity index is 1.70. The summed E-state index contributed by atoms with van der Waals surface area (Å²) < 4.78 is 0. The van der Waals surface area contributed by atoms with Crippen molar-refractivity contribution in [2.24, 2.45) is 5.41 Å². The summed E-state index contributed by atoms with van der Waals surface area (Å²) in [6, 6.07) is 16.0. The van der Waals surface area contributed by atoms with E-state index in [0.29, 0.717) is 16.5 Å². The molecule has 3 rings (SSSR count). The number of carbonyl (C=O) groups is 1. The van der Waals surface area contributed by atoms with Crippen molar-refractivity contribution in [3.05, 3.63) is 69.7 Å². The minimum atomic E-state index is -0.669. The van der Waals surface area contributed by atoms with Crippen molar-refractivity contribution in [3.63, 3.8) is 0 Å². The fourth-order valence-electron chi connectivity index (χ4n) is 2.76. The number of nitrogens with one attached hydrogen (secondary N) is 1. The summed E-state index contributed by atoms with van der Waals surface area (Å²) in [5.41, 5.74) is 1.40. The van der Waals surface area contributed by atoms with Gasteiger partial charge in [-0.25, -0.2) is 0 Å². The van der Waals surface area contributed by atoms with Crippen molar-refractivity contribution in [2.45, 2.75) is 25.3 Å². The Morgan fingerprint density at radius 2 is 1.62 bits per heavy atom. The SMILES string of the molecule is N#CC(NC(=O)C1(Cc2ccc(Cl)cc2)CC1)c1ccc(Cl)cc1. The van der Waals surface area contributed by atoms with E-state index in [0.717, 1.165) is 24.0 Å². The minimum absolute atomic E-state index is 0.0704. The number of halogens is 2. The third-order valence-electron chi connectivity index (χ3n) is 4.40. The van der Waals surface area contributed by atoms with Crippen molar-refractivity contribution in [3.8, 4) is 6.07 Å². The highest BCUT2D eigenvalue weighted by atomic mass is 35.5. The molecule has 1 amide bonds. The van der Waals surface area contributed by atoms with E-state index >= 15 is 0 Å². The van der Waals surface area contributed by atoms with Gasteiger partial charge in [0, 0.05) is 10.0 Å². The van der Waals surface area contributed by atoms with Crippen LogP contribution < -0.4 is 5.32 Å². The Labute approximate surface area is 151 Å². The first-order chi connectivity index (χ1) is 11.5. The first-order valence-corrected chi connectivity index (χ1v) is 8.48. The molecule has 3 nitrogen and oxygen atoms in total. The number of benzene rings is 2. The second-order valence-electron chi connectivity index (χ2n) is 6.17. The number of nitriles is 1. The fraction of sp³-hybridized carbons (Fsp3) is 0.263. The molecule has 5 heteroatoms. The first-order valence-electron chi connectivity index (χ1n) is 7.73. The molecule has 0 saturated heterocycles. The quantitative estimate of drug-likeness (QED) is 0.842. The van der Waals surface area contributed by atoms with Crippen LogP contribution in [0.15, 0.2) is 48.5 Å². The van der Waals surface area contributed by atoms with Gasteiger partial charge in [-0.1, -0.05) is 47.5 Å². The van der Waals surface area contributed by atoms with Gasteiger partial charge >= 0.3 is 0 Å². The third-order valence-corrected chi connectivity index (χ3v) is 4.90. The maximum atomic E-state index is 12.7. The monoisotopic (exact) mass is 358 g/mol. The molecule has 1 atom stereocenters. The van der Waals surface area contributed by atoms with Crippen LogP contribution in [0.4, 0.5) is 0 Å². The Morgan fingerprint density at radius 1 is 1.08 bits per heavy atom. The average Bonchev–Trinajstić information content (AvgIpc) is 3.36. The summed E-state index contributed by atoms with van der Waals surface area (Å²) >= 11 is 11.8. The van der Waals surface area contributed by atoms with Crippen molar-refractivity contribution in [1.29, 1.82) is 5.26 Å². The molecule has 0 aromatic heterocycles. The number of rotatable bonds is 5.